The molecule has 0 radical (unpaired) electrons. The van der Waals surface area contributed by atoms with Crippen LogP contribution in [0.4, 0.5) is 0 Å². The van der Waals surface area contributed by atoms with Crippen molar-refractivity contribution in [2.24, 2.45) is 11.7 Å². The van der Waals surface area contributed by atoms with Gasteiger partial charge in [-0.15, -0.1) is 0 Å². The lowest BCUT2D eigenvalue weighted by Gasteiger charge is -2.30. The van der Waals surface area contributed by atoms with E-state index >= 15 is 0 Å². The second kappa shape index (κ2) is 15.9. The number of hydrogen-bond acceptors (Lipinski definition) is 6. The molecule has 3 N–H and O–H groups in total. The molecule has 2 rings (SSSR count). The summed E-state index contributed by atoms with van der Waals surface area (Å²) in [6.07, 6.45) is 0.206. The van der Waals surface area contributed by atoms with Gasteiger partial charge in [0.2, 0.25) is 11.8 Å². The zero-order valence-electron chi connectivity index (χ0n) is 21.1. The van der Waals surface area contributed by atoms with E-state index in [0.717, 1.165) is 16.9 Å². The molecule has 1 unspecified atom stereocenters. The van der Waals surface area contributed by atoms with Crippen molar-refractivity contribution in [3.63, 3.8) is 0 Å². The van der Waals surface area contributed by atoms with E-state index in [0.29, 0.717) is 46.1 Å². The Labute approximate surface area is 208 Å². The number of nitrogens with two attached hydrogens (primary N) is 1. The van der Waals surface area contributed by atoms with Gasteiger partial charge in [0.05, 0.1) is 32.8 Å². The van der Waals surface area contributed by atoms with Crippen LogP contribution in [0.25, 0.3) is 0 Å². The van der Waals surface area contributed by atoms with E-state index in [9.17, 15) is 9.59 Å². The summed E-state index contributed by atoms with van der Waals surface area (Å²) in [7, 11) is 1.68. The van der Waals surface area contributed by atoms with Crippen LogP contribution >= 0.6 is 0 Å². The number of ether oxygens (including phenoxy) is 3. The molecule has 2 aromatic rings. The van der Waals surface area contributed by atoms with E-state index < -0.39 is 6.04 Å². The fraction of sp³-hybridized carbons (Fsp3) is 0.481. The molecule has 1 atom stereocenters. The van der Waals surface area contributed by atoms with Crippen LogP contribution in [-0.2, 0) is 32.1 Å². The number of rotatable bonds is 16. The monoisotopic (exact) mass is 485 g/mol. The average molecular weight is 486 g/mol. The first-order valence-electron chi connectivity index (χ1n) is 12.1. The summed E-state index contributed by atoms with van der Waals surface area (Å²) >= 11 is 0. The van der Waals surface area contributed by atoms with E-state index in [2.05, 4.69) is 5.32 Å². The number of benzene rings is 2. The van der Waals surface area contributed by atoms with Gasteiger partial charge in [0.25, 0.3) is 0 Å². The number of likely N-dealkylation sites (N-methyl/N-ethyl adjacent to an activating group) is 1. The number of amides is 2. The van der Waals surface area contributed by atoms with Crippen molar-refractivity contribution in [2.75, 3.05) is 46.6 Å². The molecule has 0 bridgehead atoms. The molecule has 0 heterocycles. The molecule has 0 saturated carbocycles. The molecule has 0 aromatic heterocycles. The first kappa shape index (κ1) is 28.3. The highest BCUT2D eigenvalue weighted by atomic mass is 16.5. The lowest BCUT2D eigenvalue weighted by Crippen LogP contribution is -2.51. The number of nitrogens with one attached hydrogen (secondary N) is 1. The largest absolute Gasteiger partial charge is 0.489 e. The predicted molar refractivity (Wildman–Crippen MR) is 136 cm³/mol. The van der Waals surface area contributed by atoms with Gasteiger partial charge in [-0.1, -0.05) is 56.3 Å². The Hall–Kier alpha value is -2.94. The second-order valence-corrected chi connectivity index (χ2v) is 8.59. The third-order valence-electron chi connectivity index (χ3n) is 5.42. The lowest BCUT2D eigenvalue weighted by atomic mass is 10.0. The van der Waals surface area contributed by atoms with Gasteiger partial charge < -0.3 is 30.2 Å². The van der Waals surface area contributed by atoms with Crippen molar-refractivity contribution in [1.29, 1.82) is 0 Å². The van der Waals surface area contributed by atoms with Gasteiger partial charge in [0, 0.05) is 20.1 Å². The van der Waals surface area contributed by atoms with Crippen LogP contribution in [0.3, 0.4) is 0 Å². The van der Waals surface area contributed by atoms with Crippen LogP contribution in [-0.4, -0.2) is 69.3 Å². The fourth-order valence-electron chi connectivity index (χ4n) is 3.58. The van der Waals surface area contributed by atoms with Gasteiger partial charge in [-0.25, -0.2) is 0 Å². The minimum Gasteiger partial charge on any atom is -0.489 e. The molecule has 192 valence electrons. The van der Waals surface area contributed by atoms with Crippen molar-refractivity contribution in [2.45, 2.75) is 32.9 Å². The van der Waals surface area contributed by atoms with Gasteiger partial charge in [-0.3, -0.25) is 9.59 Å². The predicted octanol–water partition coefficient (Wildman–Crippen LogP) is 2.40. The molecule has 0 aliphatic heterocycles. The Morgan fingerprint density at radius 2 is 1.57 bits per heavy atom. The minimum absolute atomic E-state index is 0.0386. The van der Waals surface area contributed by atoms with Crippen molar-refractivity contribution in [3.05, 3.63) is 65.7 Å². The maximum atomic E-state index is 12.9. The molecule has 2 aromatic carbocycles. The summed E-state index contributed by atoms with van der Waals surface area (Å²) < 4.78 is 16.5. The Morgan fingerprint density at radius 1 is 0.914 bits per heavy atom. The maximum Gasteiger partial charge on any atom is 0.243 e. The van der Waals surface area contributed by atoms with E-state index in [-0.39, 0.29) is 24.2 Å². The van der Waals surface area contributed by atoms with Crippen LogP contribution in [0.5, 0.6) is 5.75 Å². The van der Waals surface area contributed by atoms with Crippen molar-refractivity contribution >= 4 is 11.8 Å². The summed E-state index contributed by atoms with van der Waals surface area (Å²) in [5.41, 5.74) is 7.31. The second-order valence-electron chi connectivity index (χ2n) is 8.59. The van der Waals surface area contributed by atoms with Crippen molar-refractivity contribution < 1.29 is 23.8 Å². The zero-order chi connectivity index (χ0) is 25.5. The first-order valence-corrected chi connectivity index (χ1v) is 12.1. The summed E-state index contributed by atoms with van der Waals surface area (Å²) in [4.78, 5) is 27.2. The van der Waals surface area contributed by atoms with Crippen LogP contribution in [0.2, 0.25) is 0 Å². The highest BCUT2D eigenvalue weighted by Crippen LogP contribution is 2.16. The molecular weight excluding hydrogens is 446 g/mol. The topological polar surface area (TPSA) is 103 Å². The standard InChI is InChI=1S/C27H39N3O5/c1-21(2)26(27(32)29-14-16-34-18-17-33-15-13-28)30(3)25(31)19-22-9-11-24(12-10-22)35-20-23-7-5-4-6-8-23/h4-12,21,26H,13-20,28H2,1-3H3,(H,29,32). The molecule has 8 nitrogen and oxygen atoms in total. The molecule has 8 heteroatoms. The van der Waals surface area contributed by atoms with Crippen molar-refractivity contribution in [1.82, 2.24) is 10.2 Å². The van der Waals surface area contributed by atoms with Gasteiger partial charge >= 0.3 is 0 Å². The van der Waals surface area contributed by atoms with Gasteiger partial charge in [-0.2, -0.15) is 0 Å². The first-order chi connectivity index (χ1) is 16.9. The smallest absolute Gasteiger partial charge is 0.243 e. The Morgan fingerprint density at radius 3 is 2.20 bits per heavy atom. The Balaban J connectivity index is 1.79. The number of hydrogen-bond donors (Lipinski definition) is 2. The highest BCUT2D eigenvalue weighted by molar-refractivity contribution is 5.88. The molecule has 0 saturated heterocycles. The third kappa shape index (κ3) is 10.5. The van der Waals surface area contributed by atoms with Crippen LogP contribution < -0.4 is 15.8 Å². The quantitative estimate of drug-likeness (QED) is 0.354. The van der Waals surface area contributed by atoms with E-state index in [1.807, 2.05) is 68.4 Å². The Kier molecular flexibility index (Phi) is 12.8. The molecule has 2 amide bonds. The molecule has 0 aliphatic rings. The highest BCUT2D eigenvalue weighted by Gasteiger charge is 2.29. The van der Waals surface area contributed by atoms with Crippen LogP contribution in [0.1, 0.15) is 25.0 Å². The number of carbonyl (C=O) groups is 2. The van der Waals surface area contributed by atoms with E-state index in [1.54, 1.807) is 7.05 Å². The fourth-order valence-corrected chi connectivity index (χ4v) is 3.58. The summed E-state index contributed by atoms with van der Waals surface area (Å²) in [6.45, 7) is 6.98. The van der Waals surface area contributed by atoms with E-state index in [4.69, 9.17) is 19.9 Å². The van der Waals surface area contributed by atoms with Gasteiger partial charge in [-0.05, 0) is 29.2 Å². The van der Waals surface area contributed by atoms with E-state index in [1.165, 1.54) is 4.90 Å². The Bertz CT molecular complexity index is 874. The normalized spacial score (nSPS) is 11.8. The lowest BCUT2D eigenvalue weighted by molar-refractivity contribution is -0.140. The molecule has 0 spiro atoms. The van der Waals surface area contributed by atoms with Crippen LogP contribution in [0.15, 0.2) is 54.6 Å². The minimum atomic E-state index is -0.566. The number of nitrogens with zero attached hydrogens (tertiary/aromatic N) is 1. The molecule has 0 aliphatic carbocycles. The molecule has 0 fully saturated rings. The van der Waals surface area contributed by atoms with Crippen molar-refractivity contribution in [3.8, 4) is 5.75 Å². The van der Waals surface area contributed by atoms with Gasteiger partial charge in [0.1, 0.15) is 18.4 Å². The zero-order valence-corrected chi connectivity index (χ0v) is 21.1. The van der Waals surface area contributed by atoms with Gasteiger partial charge in [0.15, 0.2) is 0 Å². The molecular formula is C27H39N3O5. The maximum absolute atomic E-state index is 12.9. The summed E-state index contributed by atoms with van der Waals surface area (Å²) in [5.74, 6) is 0.392. The summed E-state index contributed by atoms with van der Waals surface area (Å²) in [5, 5.41) is 2.87. The summed E-state index contributed by atoms with van der Waals surface area (Å²) in [6, 6.07) is 16.9. The number of carbonyl (C=O) groups excluding carboxylic acids is 2. The average Bonchev–Trinajstić information content (AvgIpc) is 2.85. The SMILES string of the molecule is CC(C)C(C(=O)NCCOCCOCCN)N(C)C(=O)Cc1ccc(OCc2ccccc2)cc1. The molecule has 35 heavy (non-hydrogen) atoms. The van der Waals surface area contributed by atoms with Crippen LogP contribution in [0, 0.1) is 5.92 Å². The third-order valence-corrected chi connectivity index (χ3v) is 5.42.